The van der Waals surface area contributed by atoms with E-state index >= 15 is 0 Å². The molecule has 0 aromatic heterocycles. The second-order valence-corrected chi connectivity index (χ2v) is 5.49. The predicted molar refractivity (Wildman–Crippen MR) is 74.2 cm³/mol. The lowest BCUT2D eigenvalue weighted by molar-refractivity contribution is 0.00302. The van der Waals surface area contributed by atoms with E-state index in [1.807, 2.05) is 0 Å². The smallest absolute Gasteiger partial charge is 0.0897 e. The van der Waals surface area contributed by atoms with Crippen molar-refractivity contribution in [3.05, 3.63) is 0 Å². The van der Waals surface area contributed by atoms with Crippen molar-refractivity contribution in [3.8, 4) is 0 Å². The highest BCUT2D eigenvalue weighted by Crippen LogP contribution is 2.26. The lowest BCUT2D eigenvalue weighted by atomic mass is 9.94. The summed E-state index contributed by atoms with van der Waals surface area (Å²) in [5.74, 6) is 0. The van der Waals surface area contributed by atoms with Gasteiger partial charge in [0.1, 0.15) is 0 Å². The zero-order valence-electron chi connectivity index (χ0n) is 12.1. The molecule has 19 heavy (non-hydrogen) atoms. The van der Waals surface area contributed by atoms with Crippen LogP contribution in [0.4, 0.5) is 0 Å². The van der Waals surface area contributed by atoms with E-state index in [1.54, 1.807) is 7.11 Å². The molecule has 0 amide bonds. The quantitative estimate of drug-likeness (QED) is 0.426. The highest BCUT2D eigenvalue weighted by atomic mass is 16.5. The standard InChI is InChI=1S/C14H29NO4/c1-18-8-9-19-11-13(16)10-15-12-14(17)6-4-2-3-5-7-14/h13,15-17H,2-12H2,1H3. The largest absolute Gasteiger partial charge is 0.389 e. The van der Waals surface area contributed by atoms with Gasteiger partial charge in [0.05, 0.1) is 31.5 Å². The van der Waals surface area contributed by atoms with E-state index in [4.69, 9.17) is 9.47 Å². The Morgan fingerprint density at radius 3 is 2.47 bits per heavy atom. The van der Waals surface area contributed by atoms with Gasteiger partial charge in [0.15, 0.2) is 0 Å². The van der Waals surface area contributed by atoms with Crippen LogP contribution < -0.4 is 5.32 Å². The molecule has 5 heteroatoms. The summed E-state index contributed by atoms with van der Waals surface area (Å²) < 4.78 is 10.1. The first-order valence-corrected chi connectivity index (χ1v) is 7.34. The molecular formula is C14H29NO4. The van der Waals surface area contributed by atoms with Crippen LogP contribution in [0.25, 0.3) is 0 Å². The van der Waals surface area contributed by atoms with Gasteiger partial charge in [-0.25, -0.2) is 0 Å². The minimum Gasteiger partial charge on any atom is -0.389 e. The van der Waals surface area contributed by atoms with Gasteiger partial charge in [-0.2, -0.15) is 0 Å². The van der Waals surface area contributed by atoms with Crippen molar-refractivity contribution in [2.75, 3.05) is 40.0 Å². The zero-order chi connectivity index (χ0) is 14.0. The van der Waals surface area contributed by atoms with Gasteiger partial charge in [-0.1, -0.05) is 25.7 Å². The Labute approximate surface area is 116 Å². The average molecular weight is 275 g/mol. The van der Waals surface area contributed by atoms with Gasteiger partial charge in [-0.05, 0) is 12.8 Å². The summed E-state index contributed by atoms with van der Waals surface area (Å²) in [5.41, 5.74) is -0.590. The zero-order valence-corrected chi connectivity index (χ0v) is 12.1. The number of rotatable bonds is 9. The normalized spacial score (nSPS) is 21.0. The summed E-state index contributed by atoms with van der Waals surface area (Å²) in [7, 11) is 1.62. The third-order valence-electron chi connectivity index (χ3n) is 3.61. The molecule has 1 aliphatic carbocycles. The molecule has 0 saturated heterocycles. The minimum atomic E-state index is -0.590. The molecule has 1 saturated carbocycles. The first kappa shape index (κ1) is 16.9. The Morgan fingerprint density at radius 2 is 1.84 bits per heavy atom. The van der Waals surface area contributed by atoms with E-state index in [2.05, 4.69) is 5.32 Å². The summed E-state index contributed by atoms with van der Waals surface area (Å²) >= 11 is 0. The van der Waals surface area contributed by atoms with Crippen molar-refractivity contribution < 1.29 is 19.7 Å². The highest BCUT2D eigenvalue weighted by Gasteiger charge is 2.27. The lowest BCUT2D eigenvalue weighted by Crippen LogP contribution is -2.43. The second kappa shape index (κ2) is 9.66. The maximum atomic E-state index is 10.4. The molecular weight excluding hydrogens is 246 g/mol. The van der Waals surface area contributed by atoms with Crippen molar-refractivity contribution >= 4 is 0 Å². The van der Waals surface area contributed by atoms with Crippen LogP contribution in [0.2, 0.25) is 0 Å². The van der Waals surface area contributed by atoms with Crippen LogP contribution in [0.5, 0.6) is 0 Å². The second-order valence-electron chi connectivity index (χ2n) is 5.49. The Balaban J connectivity index is 2.07. The summed E-state index contributed by atoms with van der Waals surface area (Å²) in [6.45, 7) is 2.35. The Hall–Kier alpha value is -0.200. The minimum absolute atomic E-state index is 0.300. The number of nitrogens with one attached hydrogen (secondary N) is 1. The summed E-state index contributed by atoms with van der Waals surface area (Å²) in [6.07, 6.45) is 5.82. The van der Waals surface area contributed by atoms with Gasteiger partial charge in [0.25, 0.3) is 0 Å². The van der Waals surface area contributed by atoms with Gasteiger partial charge in [-0.3, -0.25) is 0 Å². The lowest BCUT2D eigenvalue weighted by Gasteiger charge is -2.27. The molecule has 0 bridgehead atoms. The summed E-state index contributed by atoms with van der Waals surface area (Å²) in [4.78, 5) is 0. The van der Waals surface area contributed by atoms with Gasteiger partial charge in [0.2, 0.25) is 0 Å². The molecule has 114 valence electrons. The Bertz CT molecular complexity index is 217. The molecule has 0 aromatic rings. The fourth-order valence-corrected chi connectivity index (χ4v) is 2.46. The maximum Gasteiger partial charge on any atom is 0.0897 e. The number of methoxy groups -OCH3 is 1. The van der Waals surface area contributed by atoms with Crippen molar-refractivity contribution in [1.82, 2.24) is 5.32 Å². The molecule has 3 N–H and O–H groups in total. The predicted octanol–water partition coefficient (Wildman–Crippen LogP) is 0.685. The molecule has 1 rings (SSSR count). The molecule has 0 heterocycles. The number of ether oxygens (including phenoxy) is 2. The van der Waals surface area contributed by atoms with Crippen LogP contribution in [0.15, 0.2) is 0 Å². The number of hydrogen-bond acceptors (Lipinski definition) is 5. The monoisotopic (exact) mass is 275 g/mol. The van der Waals surface area contributed by atoms with Crippen LogP contribution in [-0.4, -0.2) is 61.9 Å². The maximum absolute atomic E-state index is 10.4. The van der Waals surface area contributed by atoms with E-state index < -0.39 is 11.7 Å². The fourth-order valence-electron chi connectivity index (χ4n) is 2.46. The van der Waals surface area contributed by atoms with E-state index in [9.17, 15) is 10.2 Å². The molecule has 0 aromatic carbocycles. The molecule has 5 nitrogen and oxygen atoms in total. The number of hydrogen-bond donors (Lipinski definition) is 3. The number of aliphatic hydroxyl groups is 2. The van der Waals surface area contributed by atoms with E-state index in [1.165, 1.54) is 12.8 Å². The van der Waals surface area contributed by atoms with Gasteiger partial charge >= 0.3 is 0 Å². The first-order chi connectivity index (χ1) is 9.16. The Morgan fingerprint density at radius 1 is 1.16 bits per heavy atom. The first-order valence-electron chi connectivity index (χ1n) is 7.34. The van der Waals surface area contributed by atoms with Gasteiger partial charge in [0, 0.05) is 20.2 Å². The molecule has 1 aliphatic rings. The average Bonchev–Trinajstić information content (AvgIpc) is 2.60. The number of aliphatic hydroxyl groups excluding tert-OH is 1. The van der Waals surface area contributed by atoms with Crippen molar-refractivity contribution in [2.45, 2.75) is 50.2 Å². The van der Waals surface area contributed by atoms with E-state index in [0.717, 1.165) is 25.7 Å². The molecule has 0 spiro atoms. The molecule has 0 aliphatic heterocycles. The van der Waals surface area contributed by atoms with Crippen LogP contribution in [0.3, 0.4) is 0 Å². The Kier molecular flexibility index (Phi) is 8.57. The van der Waals surface area contributed by atoms with E-state index in [0.29, 0.717) is 32.9 Å². The van der Waals surface area contributed by atoms with Crippen molar-refractivity contribution in [3.63, 3.8) is 0 Å². The SMILES string of the molecule is COCCOCC(O)CNCC1(O)CCCCCC1. The topological polar surface area (TPSA) is 71.0 Å². The van der Waals surface area contributed by atoms with Crippen LogP contribution in [0.1, 0.15) is 38.5 Å². The van der Waals surface area contributed by atoms with Crippen molar-refractivity contribution in [2.24, 2.45) is 0 Å². The molecule has 1 fully saturated rings. The molecule has 1 atom stereocenters. The van der Waals surface area contributed by atoms with Gasteiger partial charge < -0.3 is 25.0 Å². The van der Waals surface area contributed by atoms with Crippen LogP contribution >= 0.6 is 0 Å². The third kappa shape index (κ3) is 7.84. The molecule has 0 radical (unpaired) electrons. The van der Waals surface area contributed by atoms with E-state index in [-0.39, 0.29) is 0 Å². The van der Waals surface area contributed by atoms with Gasteiger partial charge in [-0.15, -0.1) is 0 Å². The van der Waals surface area contributed by atoms with Crippen LogP contribution in [0, 0.1) is 0 Å². The molecule has 1 unspecified atom stereocenters. The summed E-state index contributed by atoms with van der Waals surface area (Å²) in [5, 5.41) is 23.3. The highest BCUT2D eigenvalue weighted by molar-refractivity contribution is 4.83. The third-order valence-corrected chi connectivity index (χ3v) is 3.61. The summed E-state index contributed by atoms with van der Waals surface area (Å²) in [6, 6.07) is 0. The van der Waals surface area contributed by atoms with Crippen LogP contribution in [-0.2, 0) is 9.47 Å². The fraction of sp³-hybridized carbons (Fsp3) is 1.00. The van der Waals surface area contributed by atoms with Crippen molar-refractivity contribution in [1.29, 1.82) is 0 Å².